The largest absolute Gasteiger partial charge is 0.311 e. The van der Waals surface area contributed by atoms with Crippen molar-refractivity contribution in [1.29, 1.82) is 0 Å². The van der Waals surface area contributed by atoms with E-state index in [-0.39, 0.29) is 0 Å². The average Bonchev–Trinajstić information content (AvgIpc) is 3.63. The molecule has 0 fully saturated rings. The minimum absolute atomic E-state index is 0.571. The van der Waals surface area contributed by atoms with Crippen LogP contribution in [0.15, 0.2) is 212 Å². The van der Waals surface area contributed by atoms with Gasteiger partial charge in [-0.2, -0.15) is 9.97 Å². The Morgan fingerprint density at radius 1 is 0.339 bits per heavy atom. The van der Waals surface area contributed by atoms with Crippen molar-refractivity contribution in [2.75, 3.05) is 4.90 Å². The molecule has 5 heteroatoms. The zero-order valence-corrected chi connectivity index (χ0v) is 30.4. The van der Waals surface area contributed by atoms with E-state index in [0.717, 1.165) is 55.7 Å². The fraction of sp³-hybridized carbons (Fsp3) is 0. The van der Waals surface area contributed by atoms with Gasteiger partial charge in [-0.1, -0.05) is 158 Å². The molecule has 264 valence electrons. The van der Waals surface area contributed by atoms with Crippen molar-refractivity contribution in [3.63, 3.8) is 0 Å². The smallest absolute Gasteiger partial charge is 0.238 e. The second kappa shape index (κ2) is 14.3. The summed E-state index contributed by atoms with van der Waals surface area (Å²) < 4.78 is 2.18. The third-order valence-electron chi connectivity index (χ3n) is 10.2. The standard InChI is InChI=1S/C51H35N5/c1-5-17-37(18-6-1)44-28-16-30-47-48(44)45-27-13-14-29-46(45)56(47)51-53-49(38-19-7-2-8-20-38)52-50(54-51)40-22-15-21-39(35-40)36-31-33-43(34-32-36)55(41-23-9-3-10-24-41)42-25-11-4-12-26-42/h1-35H. The Kier molecular flexibility index (Phi) is 8.43. The summed E-state index contributed by atoms with van der Waals surface area (Å²) in [6, 6.07) is 73.9. The zero-order valence-electron chi connectivity index (χ0n) is 30.4. The monoisotopic (exact) mass is 717 g/mol. The summed E-state index contributed by atoms with van der Waals surface area (Å²) in [5.74, 6) is 1.80. The molecule has 0 spiro atoms. The maximum atomic E-state index is 5.25. The molecule has 0 radical (unpaired) electrons. The van der Waals surface area contributed by atoms with Crippen molar-refractivity contribution in [1.82, 2.24) is 19.5 Å². The van der Waals surface area contributed by atoms with Gasteiger partial charge in [-0.05, 0) is 76.9 Å². The van der Waals surface area contributed by atoms with Gasteiger partial charge in [0.05, 0.1) is 11.0 Å². The summed E-state index contributed by atoms with van der Waals surface area (Å²) in [5.41, 5.74) is 11.7. The van der Waals surface area contributed by atoms with Crippen LogP contribution in [0.3, 0.4) is 0 Å². The maximum absolute atomic E-state index is 5.25. The molecule has 2 heterocycles. The lowest BCUT2D eigenvalue weighted by molar-refractivity contribution is 0.953. The van der Waals surface area contributed by atoms with Crippen molar-refractivity contribution in [3.8, 4) is 51.0 Å². The molecule has 0 unspecified atom stereocenters. The molecule has 8 aromatic carbocycles. The maximum Gasteiger partial charge on any atom is 0.238 e. The van der Waals surface area contributed by atoms with Crippen LogP contribution in [0.4, 0.5) is 17.1 Å². The Bertz CT molecular complexity index is 2900. The second-order valence-electron chi connectivity index (χ2n) is 13.7. The zero-order chi connectivity index (χ0) is 37.3. The fourth-order valence-corrected chi connectivity index (χ4v) is 7.65. The van der Waals surface area contributed by atoms with E-state index < -0.39 is 0 Å². The molecule has 0 N–H and O–H groups in total. The highest BCUT2D eigenvalue weighted by Gasteiger charge is 2.20. The van der Waals surface area contributed by atoms with E-state index >= 15 is 0 Å². The predicted molar refractivity (Wildman–Crippen MR) is 231 cm³/mol. The summed E-state index contributed by atoms with van der Waals surface area (Å²) in [6.07, 6.45) is 0. The molecule has 0 aliphatic carbocycles. The molecular weight excluding hydrogens is 683 g/mol. The molecule has 0 amide bonds. The number of para-hydroxylation sites is 3. The van der Waals surface area contributed by atoms with Gasteiger partial charge in [0.25, 0.3) is 0 Å². The van der Waals surface area contributed by atoms with Gasteiger partial charge < -0.3 is 4.90 Å². The summed E-state index contributed by atoms with van der Waals surface area (Å²) >= 11 is 0. The van der Waals surface area contributed by atoms with Crippen molar-refractivity contribution in [2.24, 2.45) is 0 Å². The predicted octanol–water partition coefficient (Wildman–Crippen LogP) is 13.1. The van der Waals surface area contributed by atoms with Crippen LogP contribution in [-0.2, 0) is 0 Å². The van der Waals surface area contributed by atoms with Gasteiger partial charge in [0.2, 0.25) is 5.95 Å². The van der Waals surface area contributed by atoms with E-state index in [1.54, 1.807) is 0 Å². The summed E-state index contributed by atoms with van der Waals surface area (Å²) in [5, 5.41) is 2.31. The van der Waals surface area contributed by atoms with Gasteiger partial charge >= 0.3 is 0 Å². The molecule has 0 atom stereocenters. The van der Waals surface area contributed by atoms with E-state index in [1.165, 1.54) is 16.5 Å². The van der Waals surface area contributed by atoms with Crippen LogP contribution in [0, 0.1) is 0 Å². The molecule has 2 aromatic heterocycles. The first kappa shape index (κ1) is 33.0. The van der Waals surface area contributed by atoms with Crippen LogP contribution in [-0.4, -0.2) is 19.5 Å². The molecule has 0 aliphatic heterocycles. The second-order valence-corrected chi connectivity index (χ2v) is 13.7. The van der Waals surface area contributed by atoms with Crippen LogP contribution >= 0.6 is 0 Å². The molecule has 10 rings (SSSR count). The van der Waals surface area contributed by atoms with E-state index in [0.29, 0.717) is 17.6 Å². The molecule has 56 heavy (non-hydrogen) atoms. The van der Waals surface area contributed by atoms with Crippen LogP contribution in [0.1, 0.15) is 0 Å². The molecule has 0 aliphatic rings. The van der Waals surface area contributed by atoms with E-state index in [1.807, 2.05) is 30.3 Å². The lowest BCUT2D eigenvalue weighted by Crippen LogP contribution is -2.09. The number of hydrogen-bond donors (Lipinski definition) is 0. The highest BCUT2D eigenvalue weighted by Crippen LogP contribution is 2.39. The van der Waals surface area contributed by atoms with Crippen molar-refractivity contribution >= 4 is 38.9 Å². The van der Waals surface area contributed by atoms with Gasteiger partial charge in [0.1, 0.15) is 0 Å². The Morgan fingerprint density at radius 3 is 1.52 bits per heavy atom. The van der Waals surface area contributed by atoms with Crippen LogP contribution < -0.4 is 4.90 Å². The SMILES string of the molecule is c1ccc(-c2nc(-c3cccc(-c4ccc(N(c5ccccc5)c5ccccc5)cc4)c3)nc(-n3c4ccccc4c4c(-c5ccccc5)cccc43)n2)cc1. The van der Waals surface area contributed by atoms with Crippen LogP contribution in [0.2, 0.25) is 0 Å². The summed E-state index contributed by atoms with van der Waals surface area (Å²) in [6.45, 7) is 0. The minimum Gasteiger partial charge on any atom is -0.311 e. The first-order valence-corrected chi connectivity index (χ1v) is 18.8. The van der Waals surface area contributed by atoms with Gasteiger partial charge in [-0.15, -0.1) is 0 Å². The fourth-order valence-electron chi connectivity index (χ4n) is 7.65. The first-order valence-electron chi connectivity index (χ1n) is 18.8. The average molecular weight is 718 g/mol. The number of fused-ring (bicyclic) bond motifs is 3. The van der Waals surface area contributed by atoms with Gasteiger partial charge in [-0.25, -0.2) is 4.98 Å². The Hall–Kier alpha value is -7.63. The topological polar surface area (TPSA) is 46.8 Å². The van der Waals surface area contributed by atoms with E-state index in [4.69, 9.17) is 15.0 Å². The first-order chi connectivity index (χ1) is 27.8. The quantitative estimate of drug-likeness (QED) is 0.157. The number of hydrogen-bond acceptors (Lipinski definition) is 4. The van der Waals surface area contributed by atoms with Crippen molar-refractivity contribution in [2.45, 2.75) is 0 Å². The number of anilines is 3. The van der Waals surface area contributed by atoms with Crippen molar-refractivity contribution in [3.05, 3.63) is 212 Å². The van der Waals surface area contributed by atoms with Crippen molar-refractivity contribution < 1.29 is 0 Å². The normalized spacial score (nSPS) is 11.2. The number of rotatable bonds is 8. The van der Waals surface area contributed by atoms with Crippen LogP contribution in [0.25, 0.3) is 72.8 Å². The summed E-state index contributed by atoms with van der Waals surface area (Å²) in [7, 11) is 0. The molecular formula is C51H35N5. The minimum atomic E-state index is 0.571. The number of aromatic nitrogens is 4. The van der Waals surface area contributed by atoms with Gasteiger partial charge in [0.15, 0.2) is 11.6 Å². The highest BCUT2D eigenvalue weighted by atomic mass is 15.2. The third kappa shape index (κ3) is 6.07. The third-order valence-corrected chi connectivity index (χ3v) is 10.2. The molecule has 0 bridgehead atoms. The summed E-state index contributed by atoms with van der Waals surface area (Å²) in [4.78, 5) is 17.8. The molecule has 0 saturated heterocycles. The molecule has 10 aromatic rings. The molecule has 5 nitrogen and oxygen atoms in total. The van der Waals surface area contributed by atoms with Crippen LogP contribution in [0.5, 0.6) is 0 Å². The van der Waals surface area contributed by atoms with E-state index in [2.05, 4.69) is 191 Å². The number of benzene rings is 8. The lowest BCUT2D eigenvalue weighted by atomic mass is 9.99. The van der Waals surface area contributed by atoms with Gasteiger partial charge in [-0.3, -0.25) is 4.57 Å². The highest BCUT2D eigenvalue weighted by molar-refractivity contribution is 6.15. The number of nitrogens with zero attached hydrogens (tertiary/aromatic N) is 5. The van der Waals surface area contributed by atoms with E-state index in [9.17, 15) is 0 Å². The Labute approximate surface area is 325 Å². The Balaban J connectivity index is 1.10. The Morgan fingerprint density at radius 2 is 0.839 bits per heavy atom. The van der Waals surface area contributed by atoms with Gasteiger partial charge in [0, 0.05) is 39.0 Å². The lowest BCUT2D eigenvalue weighted by Gasteiger charge is -2.25. The molecule has 0 saturated carbocycles.